The summed E-state index contributed by atoms with van der Waals surface area (Å²) < 4.78 is 0. The van der Waals surface area contributed by atoms with E-state index in [1.807, 2.05) is 0 Å². The zero-order chi connectivity index (χ0) is 13.8. The number of aliphatic hydroxyl groups excluding tert-OH is 3. The van der Waals surface area contributed by atoms with Crippen LogP contribution >= 0.6 is 0 Å². The molecule has 0 saturated carbocycles. The number of hydrogen-bond acceptors (Lipinski definition) is 6. The Morgan fingerprint density at radius 3 is 1.83 bits per heavy atom. The smallest absolute Gasteiger partial charge is 0.252 e. The lowest BCUT2D eigenvalue weighted by Crippen LogP contribution is -2.57. The molecule has 7 heteroatoms. The lowest BCUT2D eigenvalue weighted by atomic mass is 10.0. The Hall–Kier alpha value is -1.83. The van der Waals surface area contributed by atoms with Gasteiger partial charge in [0.25, 0.3) is 5.91 Å². The predicted molar refractivity (Wildman–Crippen MR) is 61.2 cm³/mol. The van der Waals surface area contributed by atoms with E-state index in [9.17, 15) is 15.0 Å². The number of phenolic OH excluding ortho intramolecular Hbond substituents is 2. The second-order valence-electron chi connectivity index (χ2n) is 3.95. The molecule has 0 aromatic heterocycles. The highest BCUT2D eigenvalue weighted by molar-refractivity contribution is 5.95. The first kappa shape index (κ1) is 14.2. The molecule has 0 heterocycles. The fraction of sp³-hybridized carbons (Fsp3) is 0.364. The summed E-state index contributed by atoms with van der Waals surface area (Å²) >= 11 is 0. The lowest BCUT2D eigenvalue weighted by Gasteiger charge is -2.28. The van der Waals surface area contributed by atoms with Gasteiger partial charge in [-0.05, 0) is 12.1 Å². The van der Waals surface area contributed by atoms with Crippen molar-refractivity contribution in [2.45, 2.75) is 5.54 Å². The van der Waals surface area contributed by atoms with Gasteiger partial charge in [-0.25, -0.2) is 0 Å². The molecule has 0 aliphatic heterocycles. The van der Waals surface area contributed by atoms with E-state index in [2.05, 4.69) is 5.32 Å². The van der Waals surface area contributed by atoms with Gasteiger partial charge >= 0.3 is 0 Å². The second kappa shape index (κ2) is 5.67. The van der Waals surface area contributed by atoms with Crippen LogP contribution in [0.2, 0.25) is 0 Å². The van der Waals surface area contributed by atoms with Crippen LogP contribution in [0.15, 0.2) is 18.2 Å². The Morgan fingerprint density at radius 1 is 1.00 bits per heavy atom. The van der Waals surface area contributed by atoms with Gasteiger partial charge < -0.3 is 30.8 Å². The molecule has 0 saturated heterocycles. The van der Waals surface area contributed by atoms with E-state index in [1.54, 1.807) is 0 Å². The Kier molecular flexibility index (Phi) is 4.49. The molecule has 0 radical (unpaired) electrons. The molecule has 1 rings (SSSR count). The number of carbonyl (C=O) groups excluding carboxylic acids is 1. The Balaban J connectivity index is 2.94. The van der Waals surface area contributed by atoms with Crippen molar-refractivity contribution < 1.29 is 30.3 Å². The highest BCUT2D eigenvalue weighted by atomic mass is 16.3. The van der Waals surface area contributed by atoms with Crippen molar-refractivity contribution in [3.05, 3.63) is 23.8 Å². The van der Waals surface area contributed by atoms with Gasteiger partial charge in [0.1, 0.15) is 17.0 Å². The summed E-state index contributed by atoms with van der Waals surface area (Å²) in [6.07, 6.45) is 0. The number of carbonyl (C=O) groups is 1. The van der Waals surface area contributed by atoms with E-state index in [4.69, 9.17) is 15.3 Å². The summed E-state index contributed by atoms with van der Waals surface area (Å²) in [7, 11) is 0. The molecule has 0 unspecified atom stereocenters. The topological polar surface area (TPSA) is 130 Å². The normalized spacial score (nSPS) is 11.3. The molecule has 1 aromatic carbocycles. The summed E-state index contributed by atoms with van der Waals surface area (Å²) in [5.74, 6) is -1.36. The molecule has 1 aromatic rings. The molecule has 0 atom stereocenters. The number of aromatic hydroxyl groups is 2. The fourth-order valence-corrected chi connectivity index (χ4v) is 1.31. The molecule has 0 aliphatic carbocycles. The molecule has 100 valence electrons. The third-order valence-electron chi connectivity index (χ3n) is 2.45. The standard InChI is InChI=1S/C11H15NO6/c13-4-11(5-14,6-15)12-10(18)7-1-8(16)3-9(17)2-7/h1-3,13-17H,4-6H2,(H,12,18). The van der Waals surface area contributed by atoms with Gasteiger partial charge in [0.2, 0.25) is 0 Å². The maximum atomic E-state index is 11.8. The summed E-state index contributed by atoms with van der Waals surface area (Å²) in [5, 5.41) is 47.8. The van der Waals surface area contributed by atoms with Crippen molar-refractivity contribution in [1.29, 1.82) is 0 Å². The van der Waals surface area contributed by atoms with Gasteiger partial charge in [-0.2, -0.15) is 0 Å². The van der Waals surface area contributed by atoms with E-state index in [0.29, 0.717) is 0 Å². The first-order chi connectivity index (χ1) is 8.46. The molecule has 6 N–H and O–H groups in total. The van der Waals surface area contributed by atoms with E-state index in [0.717, 1.165) is 18.2 Å². The van der Waals surface area contributed by atoms with Crippen LogP contribution in [0.3, 0.4) is 0 Å². The van der Waals surface area contributed by atoms with Gasteiger partial charge in [0.15, 0.2) is 0 Å². The molecular weight excluding hydrogens is 242 g/mol. The van der Waals surface area contributed by atoms with Gasteiger partial charge in [0.05, 0.1) is 19.8 Å². The first-order valence-corrected chi connectivity index (χ1v) is 5.14. The van der Waals surface area contributed by atoms with Gasteiger partial charge in [0, 0.05) is 11.6 Å². The quantitative estimate of drug-likeness (QED) is 0.382. The van der Waals surface area contributed by atoms with E-state index in [1.165, 1.54) is 0 Å². The van der Waals surface area contributed by atoms with Crippen molar-refractivity contribution in [2.75, 3.05) is 19.8 Å². The summed E-state index contributed by atoms with van der Waals surface area (Å²) in [6, 6.07) is 3.26. The maximum absolute atomic E-state index is 11.8. The number of amides is 1. The Labute approximate surface area is 103 Å². The highest BCUT2D eigenvalue weighted by Gasteiger charge is 2.30. The summed E-state index contributed by atoms with van der Waals surface area (Å²) in [6.45, 7) is -1.97. The Morgan fingerprint density at radius 2 is 1.44 bits per heavy atom. The largest absolute Gasteiger partial charge is 0.508 e. The minimum Gasteiger partial charge on any atom is -0.508 e. The zero-order valence-electron chi connectivity index (χ0n) is 9.50. The summed E-state index contributed by atoms with van der Waals surface area (Å²) in [5.41, 5.74) is -1.62. The molecule has 18 heavy (non-hydrogen) atoms. The van der Waals surface area contributed by atoms with Crippen molar-refractivity contribution in [3.8, 4) is 11.5 Å². The number of hydrogen-bond donors (Lipinski definition) is 6. The minimum absolute atomic E-state index is 0.0628. The van der Waals surface area contributed by atoms with E-state index < -0.39 is 31.3 Å². The van der Waals surface area contributed by atoms with Crippen LogP contribution in [-0.2, 0) is 0 Å². The molecular formula is C11H15NO6. The number of benzene rings is 1. The third kappa shape index (κ3) is 3.10. The predicted octanol–water partition coefficient (Wildman–Crippen LogP) is -1.46. The van der Waals surface area contributed by atoms with Crippen molar-refractivity contribution in [3.63, 3.8) is 0 Å². The van der Waals surface area contributed by atoms with Crippen molar-refractivity contribution >= 4 is 5.91 Å². The minimum atomic E-state index is -1.56. The van der Waals surface area contributed by atoms with Crippen LogP contribution < -0.4 is 5.32 Å². The highest BCUT2D eigenvalue weighted by Crippen LogP contribution is 2.20. The van der Waals surface area contributed by atoms with Gasteiger partial charge in [-0.15, -0.1) is 0 Å². The Bertz CT molecular complexity index is 401. The lowest BCUT2D eigenvalue weighted by molar-refractivity contribution is 0.0375. The van der Waals surface area contributed by atoms with Crippen molar-refractivity contribution in [2.24, 2.45) is 0 Å². The molecule has 7 nitrogen and oxygen atoms in total. The number of rotatable bonds is 5. The van der Waals surface area contributed by atoms with Crippen LogP contribution in [-0.4, -0.2) is 56.8 Å². The first-order valence-electron chi connectivity index (χ1n) is 5.14. The van der Waals surface area contributed by atoms with Crippen LogP contribution in [0.25, 0.3) is 0 Å². The SMILES string of the molecule is O=C(NC(CO)(CO)CO)c1cc(O)cc(O)c1. The second-order valence-corrected chi connectivity index (χ2v) is 3.95. The van der Waals surface area contributed by atoms with Crippen LogP contribution in [0.5, 0.6) is 11.5 Å². The molecule has 0 fully saturated rings. The molecule has 0 aliphatic rings. The number of aliphatic hydroxyl groups is 3. The van der Waals surface area contributed by atoms with E-state index in [-0.39, 0.29) is 17.1 Å². The molecule has 0 bridgehead atoms. The molecule has 1 amide bonds. The zero-order valence-corrected chi connectivity index (χ0v) is 9.50. The van der Waals surface area contributed by atoms with Crippen molar-refractivity contribution in [1.82, 2.24) is 5.32 Å². The van der Waals surface area contributed by atoms with Crippen LogP contribution in [0, 0.1) is 0 Å². The average molecular weight is 257 g/mol. The van der Waals surface area contributed by atoms with Crippen LogP contribution in [0.4, 0.5) is 0 Å². The number of nitrogens with one attached hydrogen (secondary N) is 1. The summed E-state index contributed by atoms with van der Waals surface area (Å²) in [4.78, 5) is 11.8. The average Bonchev–Trinajstić information content (AvgIpc) is 2.35. The van der Waals surface area contributed by atoms with E-state index >= 15 is 0 Å². The maximum Gasteiger partial charge on any atom is 0.252 e. The monoisotopic (exact) mass is 257 g/mol. The molecule has 0 spiro atoms. The fourth-order valence-electron chi connectivity index (χ4n) is 1.31. The third-order valence-corrected chi connectivity index (χ3v) is 2.45. The van der Waals surface area contributed by atoms with Crippen LogP contribution in [0.1, 0.15) is 10.4 Å². The van der Waals surface area contributed by atoms with Gasteiger partial charge in [-0.1, -0.05) is 0 Å². The number of phenols is 2. The van der Waals surface area contributed by atoms with Gasteiger partial charge in [-0.3, -0.25) is 4.79 Å².